The summed E-state index contributed by atoms with van der Waals surface area (Å²) in [5.41, 5.74) is 1.05. The number of nitrogens with one attached hydrogen (secondary N) is 1. The van der Waals surface area contributed by atoms with Crippen LogP contribution in [-0.2, 0) is 4.79 Å². The monoisotopic (exact) mass is 290 g/mol. The first-order valence-corrected chi connectivity index (χ1v) is 7.54. The fourth-order valence-electron chi connectivity index (χ4n) is 3.27. The van der Waals surface area contributed by atoms with Crippen LogP contribution in [0.2, 0.25) is 0 Å². The van der Waals surface area contributed by atoms with Crippen molar-refractivity contribution in [3.8, 4) is 0 Å². The molecule has 0 atom stereocenters. The van der Waals surface area contributed by atoms with Gasteiger partial charge in [-0.1, -0.05) is 19.8 Å². The molecule has 1 aromatic carbocycles. The summed E-state index contributed by atoms with van der Waals surface area (Å²) in [6.45, 7) is 3.83. The average molecular weight is 290 g/mol. The molecule has 0 aromatic heterocycles. The highest BCUT2D eigenvalue weighted by Crippen LogP contribution is 2.33. The van der Waals surface area contributed by atoms with Crippen LogP contribution in [0.3, 0.4) is 0 Å². The number of amides is 1. The molecule has 1 N–H and O–H groups in total. The Morgan fingerprint density at radius 1 is 1.29 bits per heavy atom. The number of hydrogen-bond donors (Lipinski definition) is 1. The van der Waals surface area contributed by atoms with Gasteiger partial charge in [0.05, 0.1) is 16.9 Å². The summed E-state index contributed by atoms with van der Waals surface area (Å²) in [6, 6.07) is 2.77. The van der Waals surface area contributed by atoms with Gasteiger partial charge in [-0.05, 0) is 30.9 Å². The van der Waals surface area contributed by atoms with Gasteiger partial charge in [-0.3, -0.25) is 9.59 Å². The van der Waals surface area contributed by atoms with Crippen LogP contribution in [0, 0.1) is 11.7 Å². The second-order valence-corrected chi connectivity index (χ2v) is 5.85. The predicted molar refractivity (Wildman–Crippen MR) is 79.2 cm³/mol. The number of benzene rings is 1. The molecule has 2 aliphatic heterocycles. The molecule has 112 valence electrons. The molecule has 4 nitrogen and oxygen atoms in total. The highest BCUT2D eigenvalue weighted by atomic mass is 19.1. The number of hydrogen-bond acceptors (Lipinski definition) is 3. The lowest BCUT2D eigenvalue weighted by Gasteiger charge is -2.34. The molecule has 0 unspecified atom stereocenters. The number of anilines is 2. The van der Waals surface area contributed by atoms with Crippen molar-refractivity contribution in [2.45, 2.75) is 32.6 Å². The second-order valence-electron chi connectivity index (χ2n) is 5.85. The SMILES string of the molecule is CCCC1CCN(c2cc3c(cc2F)C(=O)C(=O)N3)CC1. The van der Waals surface area contributed by atoms with E-state index in [1.165, 1.54) is 18.9 Å². The number of fused-ring (bicyclic) bond motifs is 1. The summed E-state index contributed by atoms with van der Waals surface area (Å²) in [6.07, 6.45) is 4.54. The molecule has 1 amide bonds. The Morgan fingerprint density at radius 3 is 2.67 bits per heavy atom. The first-order valence-electron chi connectivity index (χ1n) is 7.54. The maximum Gasteiger partial charge on any atom is 0.296 e. The zero-order valence-electron chi connectivity index (χ0n) is 12.1. The molecule has 1 saturated heterocycles. The number of nitrogens with zero attached hydrogens (tertiary/aromatic N) is 1. The van der Waals surface area contributed by atoms with Crippen molar-refractivity contribution in [1.29, 1.82) is 0 Å². The highest BCUT2D eigenvalue weighted by molar-refractivity contribution is 6.51. The summed E-state index contributed by atoms with van der Waals surface area (Å²) < 4.78 is 14.2. The number of halogens is 1. The van der Waals surface area contributed by atoms with E-state index in [4.69, 9.17) is 0 Å². The van der Waals surface area contributed by atoms with E-state index < -0.39 is 17.5 Å². The van der Waals surface area contributed by atoms with E-state index in [1.807, 2.05) is 4.90 Å². The Bertz CT molecular complexity index is 592. The van der Waals surface area contributed by atoms with Gasteiger partial charge in [0, 0.05) is 13.1 Å². The third-order valence-electron chi connectivity index (χ3n) is 4.44. The molecule has 0 bridgehead atoms. The van der Waals surface area contributed by atoms with Crippen LogP contribution in [0.1, 0.15) is 43.0 Å². The highest BCUT2D eigenvalue weighted by Gasteiger charge is 2.31. The second kappa shape index (κ2) is 5.47. The van der Waals surface area contributed by atoms with E-state index >= 15 is 0 Å². The lowest BCUT2D eigenvalue weighted by Crippen LogP contribution is -2.34. The van der Waals surface area contributed by atoms with Crippen LogP contribution < -0.4 is 10.2 Å². The third kappa shape index (κ3) is 2.52. The van der Waals surface area contributed by atoms with E-state index in [1.54, 1.807) is 6.07 Å². The minimum atomic E-state index is -0.678. The zero-order valence-corrected chi connectivity index (χ0v) is 12.1. The summed E-state index contributed by atoms with van der Waals surface area (Å²) in [5.74, 6) is -1.03. The number of ketones is 1. The molecule has 1 fully saturated rings. The smallest absolute Gasteiger partial charge is 0.296 e. The number of rotatable bonds is 3. The minimum Gasteiger partial charge on any atom is -0.369 e. The van der Waals surface area contributed by atoms with Crippen molar-refractivity contribution in [2.75, 3.05) is 23.3 Å². The van der Waals surface area contributed by atoms with E-state index in [-0.39, 0.29) is 5.56 Å². The van der Waals surface area contributed by atoms with Gasteiger partial charge in [-0.15, -0.1) is 0 Å². The van der Waals surface area contributed by atoms with Gasteiger partial charge < -0.3 is 10.2 Å². The van der Waals surface area contributed by atoms with E-state index in [9.17, 15) is 14.0 Å². The number of carbonyl (C=O) groups excluding carboxylic acids is 2. The first kappa shape index (κ1) is 14.0. The van der Waals surface area contributed by atoms with Crippen molar-refractivity contribution in [2.24, 2.45) is 5.92 Å². The van der Waals surface area contributed by atoms with Crippen molar-refractivity contribution >= 4 is 23.1 Å². The lowest BCUT2D eigenvalue weighted by molar-refractivity contribution is -0.112. The molecule has 2 aliphatic rings. The molecule has 0 aliphatic carbocycles. The van der Waals surface area contributed by atoms with Crippen LogP contribution in [0.5, 0.6) is 0 Å². The predicted octanol–water partition coefficient (Wildman–Crippen LogP) is 2.98. The Hall–Kier alpha value is -1.91. The quantitative estimate of drug-likeness (QED) is 0.871. The Kier molecular flexibility index (Phi) is 3.66. The standard InChI is InChI=1S/C16H19FN2O2/c1-2-3-10-4-6-19(7-5-10)14-9-13-11(8-12(14)17)15(20)16(21)18-13/h8-10H,2-7H2,1H3,(H,18,20,21). The van der Waals surface area contributed by atoms with Gasteiger partial charge in [-0.25, -0.2) is 4.39 Å². The maximum absolute atomic E-state index is 14.2. The van der Waals surface area contributed by atoms with Gasteiger partial charge in [0.25, 0.3) is 11.7 Å². The van der Waals surface area contributed by atoms with Gasteiger partial charge in [0.2, 0.25) is 0 Å². The molecule has 0 saturated carbocycles. The van der Waals surface area contributed by atoms with Gasteiger partial charge in [-0.2, -0.15) is 0 Å². The Balaban J connectivity index is 1.80. The molecule has 3 rings (SSSR count). The summed E-state index contributed by atoms with van der Waals surface area (Å²) in [7, 11) is 0. The van der Waals surface area contributed by atoms with E-state index in [2.05, 4.69) is 12.2 Å². The number of piperidine rings is 1. The van der Waals surface area contributed by atoms with Crippen LogP contribution >= 0.6 is 0 Å². The summed E-state index contributed by atoms with van der Waals surface area (Å²) in [5, 5.41) is 2.50. The minimum absolute atomic E-state index is 0.141. The number of carbonyl (C=O) groups is 2. The Labute approximate surface area is 123 Å². The maximum atomic E-state index is 14.2. The molecule has 1 aromatic rings. The molecule has 2 heterocycles. The van der Waals surface area contributed by atoms with Crippen LogP contribution in [0.15, 0.2) is 12.1 Å². The van der Waals surface area contributed by atoms with E-state index in [0.717, 1.165) is 31.8 Å². The van der Waals surface area contributed by atoms with Gasteiger partial charge >= 0.3 is 0 Å². The van der Waals surface area contributed by atoms with Crippen molar-refractivity contribution in [3.63, 3.8) is 0 Å². The van der Waals surface area contributed by atoms with Crippen LogP contribution in [-0.4, -0.2) is 24.8 Å². The van der Waals surface area contributed by atoms with Crippen molar-refractivity contribution in [1.82, 2.24) is 0 Å². The van der Waals surface area contributed by atoms with E-state index in [0.29, 0.717) is 11.4 Å². The largest absolute Gasteiger partial charge is 0.369 e. The lowest BCUT2D eigenvalue weighted by atomic mass is 9.92. The fourth-order valence-corrected chi connectivity index (χ4v) is 3.27. The summed E-state index contributed by atoms with van der Waals surface area (Å²) >= 11 is 0. The normalized spacial score (nSPS) is 18.9. The summed E-state index contributed by atoms with van der Waals surface area (Å²) in [4.78, 5) is 24.9. The number of Topliss-reactive ketones (excluding diaryl/α,β-unsaturated/α-hetero) is 1. The molecule has 5 heteroatoms. The van der Waals surface area contributed by atoms with Gasteiger partial charge in [0.15, 0.2) is 0 Å². The Morgan fingerprint density at radius 2 is 2.00 bits per heavy atom. The van der Waals surface area contributed by atoms with Crippen LogP contribution in [0.4, 0.5) is 15.8 Å². The molecular formula is C16H19FN2O2. The molecule has 0 spiro atoms. The van der Waals surface area contributed by atoms with Crippen molar-refractivity contribution in [3.05, 3.63) is 23.5 Å². The third-order valence-corrected chi connectivity index (χ3v) is 4.44. The zero-order chi connectivity index (χ0) is 15.0. The fraction of sp³-hybridized carbons (Fsp3) is 0.500. The van der Waals surface area contributed by atoms with Gasteiger partial charge in [0.1, 0.15) is 5.82 Å². The first-order chi connectivity index (χ1) is 10.1. The molecule has 0 radical (unpaired) electrons. The topological polar surface area (TPSA) is 49.4 Å². The average Bonchev–Trinajstić information content (AvgIpc) is 2.75. The van der Waals surface area contributed by atoms with Crippen LogP contribution in [0.25, 0.3) is 0 Å². The van der Waals surface area contributed by atoms with Crippen molar-refractivity contribution < 1.29 is 14.0 Å². The molecular weight excluding hydrogens is 271 g/mol. The molecule has 21 heavy (non-hydrogen) atoms.